The summed E-state index contributed by atoms with van der Waals surface area (Å²) in [5.74, 6) is -0.707. The van der Waals surface area contributed by atoms with E-state index in [-0.39, 0.29) is 47.8 Å². The molecule has 0 unspecified atom stereocenters. The van der Waals surface area contributed by atoms with Crippen LogP contribution in [0.5, 0.6) is 0 Å². The number of carbonyl (C=O) groups excluding carboxylic acids is 4. The molecule has 0 bridgehead atoms. The lowest BCUT2D eigenvalue weighted by atomic mass is 10.1. The molecule has 1 amide bonds. The van der Waals surface area contributed by atoms with Crippen LogP contribution in [0, 0.1) is 6.92 Å². The summed E-state index contributed by atoms with van der Waals surface area (Å²) < 4.78 is 15.3. The van der Waals surface area contributed by atoms with Crippen LogP contribution in [-0.2, 0) is 23.8 Å². The zero-order valence-electron chi connectivity index (χ0n) is 18.4. The van der Waals surface area contributed by atoms with Crippen molar-refractivity contribution < 1.29 is 33.4 Å². The monoisotopic (exact) mass is 484 g/mol. The highest BCUT2D eigenvalue weighted by atomic mass is 32.2. The van der Waals surface area contributed by atoms with Gasteiger partial charge in [-0.25, -0.2) is 9.59 Å². The summed E-state index contributed by atoms with van der Waals surface area (Å²) in [6.45, 7) is 9.43. The summed E-state index contributed by atoms with van der Waals surface area (Å²) >= 11 is 2.58. The van der Waals surface area contributed by atoms with Gasteiger partial charge in [0.15, 0.2) is 0 Å². The number of thioether (sulfide) groups is 1. The summed E-state index contributed by atoms with van der Waals surface area (Å²) in [7, 11) is 0. The van der Waals surface area contributed by atoms with Crippen molar-refractivity contribution in [2.45, 2.75) is 26.8 Å². The molecule has 1 aliphatic heterocycles. The summed E-state index contributed by atoms with van der Waals surface area (Å²) in [4.78, 5) is 51.9. The van der Waals surface area contributed by atoms with Crippen molar-refractivity contribution >= 4 is 51.9 Å². The third-order valence-corrected chi connectivity index (χ3v) is 6.75. The summed E-state index contributed by atoms with van der Waals surface area (Å²) in [5.41, 5.74) is 0.489. The Morgan fingerprint density at radius 3 is 2.53 bits per heavy atom. The molecule has 9 nitrogen and oxygen atoms in total. The minimum absolute atomic E-state index is 0.0226. The van der Waals surface area contributed by atoms with Gasteiger partial charge in [0.25, 0.3) is 0 Å². The van der Waals surface area contributed by atoms with Gasteiger partial charge >= 0.3 is 17.9 Å². The largest absolute Gasteiger partial charge is 0.465 e. The van der Waals surface area contributed by atoms with Gasteiger partial charge < -0.3 is 19.5 Å². The molecule has 1 fully saturated rings. The van der Waals surface area contributed by atoms with Crippen molar-refractivity contribution in [3.63, 3.8) is 0 Å². The van der Waals surface area contributed by atoms with Gasteiger partial charge in [-0.15, -0.1) is 11.3 Å². The van der Waals surface area contributed by atoms with Crippen LogP contribution >= 0.6 is 23.1 Å². The van der Waals surface area contributed by atoms with Gasteiger partial charge in [0, 0.05) is 18.1 Å². The predicted molar refractivity (Wildman–Crippen MR) is 123 cm³/mol. The maximum atomic E-state index is 12.8. The molecule has 0 saturated carbocycles. The first-order chi connectivity index (χ1) is 15.3. The number of carbonyl (C=O) groups is 4. The van der Waals surface area contributed by atoms with Gasteiger partial charge in [-0.3, -0.25) is 14.5 Å². The Labute approximate surface area is 195 Å². The van der Waals surface area contributed by atoms with E-state index in [2.05, 4.69) is 11.9 Å². The van der Waals surface area contributed by atoms with E-state index >= 15 is 0 Å². The average Bonchev–Trinajstić information content (AvgIpc) is 3.08. The SMILES string of the molecule is C=CCOC(=O)c1sc(NC(=O)CN2CCSC[C@@H]2C(=O)OCC)c(C(=O)OCC)c1C. The number of hydrogen-bond acceptors (Lipinski definition) is 10. The molecule has 176 valence electrons. The summed E-state index contributed by atoms with van der Waals surface area (Å²) in [5, 5.41) is 2.92. The number of thiophene rings is 1. The minimum atomic E-state index is -0.641. The molecule has 2 heterocycles. The Balaban J connectivity index is 2.22. The van der Waals surface area contributed by atoms with Gasteiger partial charge in [-0.2, -0.15) is 11.8 Å². The molecule has 1 aromatic rings. The normalized spacial score (nSPS) is 16.2. The van der Waals surface area contributed by atoms with E-state index in [1.165, 1.54) is 6.08 Å². The predicted octanol–water partition coefficient (Wildman–Crippen LogP) is 2.50. The Kier molecular flexibility index (Phi) is 10.2. The summed E-state index contributed by atoms with van der Waals surface area (Å²) in [6.07, 6.45) is 1.44. The number of nitrogens with one attached hydrogen (secondary N) is 1. The molecule has 1 saturated heterocycles. The number of rotatable bonds is 10. The second kappa shape index (κ2) is 12.6. The zero-order valence-corrected chi connectivity index (χ0v) is 20.1. The number of hydrogen-bond donors (Lipinski definition) is 1. The Hall–Kier alpha value is -2.37. The highest BCUT2D eigenvalue weighted by molar-refractivity contribution is 7.99. The lowest BCUT2D eigenvalue weighted by molar-refractivity contribution is -0.148. The molecule has 0 spiro atoms. The van der Waals surface area contributed by atoms with Crippen LogP contribution in [0.15, 0.2) is 12.7 Å². The maximum absolute atomic E-state index is 12.8. The van der Waals surface area contributed by atoms with Gasteiger partial charge in [0.05, 0.1) is 25.3 Å². The molecule has 0 aliphatic carbocycles. The molecular weight excluding hydrogens is 456 g/mol. The van der Waals surface area contributed by atoms with Crippen molar-refractivity contribution in [1.29, 1.82) is 0 Å². The van der Waals surface area contributed by atoms with Crippen molar-refractivity contribution in [2.24, 2.45) is 0 Å². The maximum Gasteiger partial charge on any atom is 0.348 e. The van der Waals surface area contributed by atoms with E-state index in [1.54, 1.807) is 37.4 Å². The molecule has 11 heteroatoms. The first-order valence-corrected chi connectivity index (χ1v) is 12.2. The van der Waals surface area contributed by atoms with Gasteiger partial charge in [-0.05, 0) is 26.3 Å². The van der Waals surface area contributed by atoms with Crippen molar-refractivity contribution in [2.75, 3.05) is 49.7 Å². The topological polar surface area (TPSA) is 111 Å². The third kappa shape index (κ3) is 6.57. The van der Waals surface area contributed by atoms with Gasteiger partial charge in [-0.1, -0.05) is 12.7 Å². The number of esters is 3. The molecule has 1 N–H and O–H groups in total. The van der Waals surface area contributed by atoms with Crippen LogP contribution in [0.1, 0.15) is 39.4 Å². The van der Waals surface area contributed by atoms with Crippen LogP contribution in [-0.4, -0.2) is 79.2 Å². The first kappa shape index (κ1) is 25.9. The second-order valence-corrected chi connectivity index (χ2v) is 8.90. The molecule has 32 heavy (non-hydrogen) atoms. The van der Waals surface area contributed by atoms with Crippen LogP contribution < -0.4 is 5.32 Å². The molecule has 1 aliphatic rings. The number of amides is 1. The van der Waals surface area contributed by atoms with Crippen molar-refractivity contribution in [3.8, 4) is 0 Å². The molecule has 0 aromatic carbocycles. The van der Waals surface area contributed by atoms with Gasteiger partial charge in [0.2, 0.25) is 5.91 Å². The molecule has 1 aromatic heterocycles. The van der Waals surface area contributed by atoms with Crippen molar-refractivity contribution in [3.05, 3.63) is 28.7 Å². The number of nitrogens with zero attached hydrogens (tertiary/aromatic N) is 1. The quantitative estimate of drug-likeness (QED) is 0.304. The first-order valence-electron chi connectivity index (χ1n) is 10.2. The fourth-order valence-corrected chi connectivity index (χ4v) is 5.28. The molecule has 1 atom stereocenters. The van der Waals surface area contributed by atoms with Crippen molar-refractivity contribution in [1.82, 2.24) is 4.90 Å². The zero-order chi connectivity index (χ0) is 23.7. The van der Waals surface area contributed by atoms with Crippen LogP contribution in [0.4, 0.5) is 5.00 Å². The Morgan fingerprint density at radius 2 is 1.88 bits per heavy atom. The Morgan fingerprint density at radius 1 is 1.16 bits per heavy atom. The van der Waals surface area contributed by atoms with Crippen LogP contribution in [0.2, 0.25) is 0 Å². The van der Waals surface area contributed by atoms with Gasteiger partial charge in [0.1, 0.15) is 22.5 Å². The number of ether oxygens (including phenoxy) is 3. The van der Waals surface area contributed by atoms with E-state index in [0.717, 1.165) is 17.1 Å². The molecule has 0 radical (unpaired) electrons. The average molecular weight is 485 g/mol. The standard InChI is InChI=1S/C21H28N2O7S2/c1-5-9-30-21(27)17-13(4)16(20(26)29-7-3)18(32-17)22-15(24)11-23-8-10-31-12-14(23)19(25)28-6-2/h5,14H,1,6-12H2,2-4H3,(H,22,24)/t14-/m1/s1. The van der Waals surface area contributed by atoms with E-state index in [0.29, 0.717) is 17.9 Å². The van der Waals surface area contributed by atoms with E-state index < -0.39 is 23.9 Å². The Bertz CT molecular complexity index is 869. The lowest BCUT2D eigenvalue weighted by Gasteiger charge is -2.32. The molecule has 2 rings (SSSR count). The van der Waals surface area contributed by atoms with Crippen LogP contribution in [0.3, 0.4) is 0 Å². The fourth-order valence-electron chi connectivity index (χ4n) is 3.08. The second-order valence-electron chi connectivity index (χ2n) is 6.73. The highest BCUT2D eigenvalue weighted by Gasteiger charge is 2.32. The molecular formula is C21H28N2O7S2. The highest BCUT2D eigenvalue weighted by Crippen LogP contribution is 2.34. The fraction of sp³-hybridized carbons (Fsp3) is 0.524. The van der Waals surface area contributed by atoms with E-state index in [9.17, 15) is 19.2 Å². The smallest absolute Gasteiger partial charge is 0.348 e. The third-order valence-electron chi connectivity index (χ3n) is 4.54. The van der Waals surface area contributed by atoms with Crippen LogP contribution in [0.25, 0.3) is 0 Å². The van der Waals surface area contributed by atoms with E-state index in [1.807, 2.05) is 0 Å². The number of anilines is 1. The minimum Gasteiger partial charge on any atom is -0.465 e. The summed E-state index contributed by atoms with van der Waals surface area (Å²) in [6, 6.07) is -0.515. The van der Waals surface area contributed by atoms with E-state index in [4.69, 9.17) is 14.2 Å². The lowest BCUT2D eigenvalue weighted by Crippen LogP contribution is -2.50.